The average Bonchev–Trinajstić information content (AvgIpc) is 3.53. The van der Waals surface area contributed by atoms with Gasteiger partial charge in [0.15, 0.2) is 0 Å². The molecule has 1 aromatic carbocycles. The van der Waals surface area contributed by atoms with E-state index >= 15 is 0 Å². The van der Waals surface area contributed by atoms with E-state index in [1.165, 1.54) is 6.07 Å². The maximum absolute atomic E-state index is 14.6. The van der Waals surface area contributed by atoms with Crippen molar-refractivity contribution in [3.8, 4) is 0 Å². The van der Waals surface area contributed by atoms with E-state index in [0.717, 1.165) is 56.3 Å². The number of hydrogen-bond donors (Lipinski definition) is 1. The van der Waals surface area contributed by atoms with Gasteiger partial charge in [-0.05, 0) is 83.1 Å². The summed E-state index contributed by atoms with van der Waals surface area (Å²) in [6, 6.07) is 3.03. The maximum Gasteiger partial charge on any atom is 0.410 e. The highest BCUT2D eigenvalue weighted by Gasteiger charge is 2.34. The molecule has 1 N–H and O–H groups in total. The zero-order chi connectivity index (χ0) is 28.3. The van der Waals surface area contributed by atoms with Crippen LogP contribution in [0.2, 0.25) is 0 Å². The van der Waals surface area contributed by atoms with Crippen molar-refractivity contribution < 1.29 is 23.5 Å². The molecule has 2 aliphatic heterocycles. The largest absolute Gasteiger partial charge is 0.444 e. The number of hydrogen-bond acceptors (Lipinski definition) is 5. The molecule has 4 rings (SSSR count). The van der Waals surface area contributed by atoms with Crippen molar-refractivity contribution in [1.29, 1.82) is 0 Å². The minimum absolute atomic E-state index is 0.0376. The second-order valence-electron chi connectivity index (χ2n) is 12.7. The van der Waals surface area contributed by atoms with Gasteiger partial charge < -0.3 is 19.9 Å². The van der Waals surface area contributed by atoms with E-state index in [9.17, 15) is 18.8 Å². The lowest BCUT2D eigenvalue weighted by atomic mass is 10.0. The predicted molar refractivity (Wildman–Crippen MR) is 149 cm³/mol. The first-order valence-electron chi connectivity index (χ1n) is 14.5. The van der Waals surface area contributed by atoms with E-state index in [0.29, 0.717) is 37.8 Å². The lowest BCUT2D eigenvalue weighted by Crippen LogP contribution is -2.54. The van der Waals surface area contributed by atoms with Crippen molar-refractivity contribution in [2.75, 3.05) is 38.0 Å². The fourth-order valence-corrected chi connectivity index (χ4v) is 6.14. The fraction of sp³-hybridized carbons (Fsp3) is 0.700. The summed E-state index contributed by atoms with van der Waals surface area (Å²) in [5.41, 5.74) is 1.62. The predicted octanol–water partition coefficient (Wildman–Crippen LogP) is 4.94. The Bertz CT molecular complexity index is 1070. The molecule has 0 spiro atoms. The Morgan fingerprint density at radius 3 is 2.44 bits per heavy atom. The van der Waals surface area contributed by atoms with Crippen LogP contribution in [0.4, 0.5) is 14.9 Å². The van der Waals surface area contributed by atoms with Gasteiger partial charge in [0.25, 0.3) is 0 Å². The van der Waals surface area contributed by atoms with E-state index in [1.54, 1.807) is 11.0 Å². The van der Waals surface area contributed by atoms with E-state index in [-0.39, 0.29) is 42.1 Å². The van der Waals surface area contributed by atoms with Crippen molar-refractivity contribution in [2.45, 2.75) is 91.3 Å². The summed E-state index contributed by atoms with van der Waals surface area (Å²) in [4.78, 5) is 44.1. The van der Waals surface area contributed by atoms with Gasteiger partial charge in [0.1, 0.15) is 11.4 Å². The van der Waals surface area contributed by atoms with Crippen LogP contribution in [-0.4, -0.2) is 77.0 Å². The molecule has 0 aromatic heterocycles. The van der Waals surface area contributed by atoms with Crippen molar-refractivity contribution >= 4 is 23.6 Å². The highest BCUT2D eigenvalue weighted by atomic mass is 19.1. The molecule has 2 saturated heterocycles. The van der Waals surface area contributed by atoms with Crippen molar-refractivity contribution in [3.05, 3.63) is 29.1 Å². The molecule has 216 valence electrons. The van der Waals surface area contributed by atoms with Crippen LogP contribution in [0.1, 0.15) is 77.3 Å². The van der Waals surface area contributed by atoms with E-state index in [1.807, 2.05) is 32.6 Å². The Kier molecular flexibility index (Phi) is 9.19. The molecule has 2 atom stereocenters. The standard InChI is InChI=1S/C30H45FN4O4/c1-20-17-33(12-13-35(20)28(37)23-8-6-7-9-23)19-24-15-25(31)16-26(21(24)2)32-27(36)14-22-10-11-34(18-22)29(38)39-30(3,4)5/h15-16,20,22-23H,6-14,17-19H2,1-5H3,(H,32,36). The van der Waals surface area contributed by atoms with Crippen LogP contribution in [0.25, 0.3) is 0 Å². The first kappa shape index (κ1) is 29.3. The van der Waals surface area contributed by atoms with Gasteiger partial charge in [0.2, 0.25) is 11.8 Å². The molecule has 3 aliphatic rings. The summed E-state index contributed by atoms with van der Waals surface area (Å²) in [6.45, 7) is 13.3. The SMILES string of the molecule is Cc1c(CN2CCN(C(=O)C3CCCC3)C(C)C2)cc(F)cc1NC(=O)CC1CCN(C(=O)OC(C)(C)C)C1. The van der Waals surface area contributed by atoms with Gasteiger partial charge in [0.05, 0.1) is 0 Å². The maximum atomic E-state index is 14.6. The molecule has 3 amide bonds. The average molecular weight is 545 g/mol. The molecule has 39 heavy (non-hydrogen) atoms. The first-order chi connectivity index (χ1) is 18.4. The van der Waals surface area contributed by atoms with Crippen molar-refractivity contribution in [3.63, 3.8) is 0 Å². The van der Waals surface area contributed by atoms with Crippen LogP contribution in [0.3, 0.4) is 0 Å². The Hall–Kier alpha value is -2.68. The van der Waals surface area contributed by atoms with E-state index < -0.39 is 5.60 Å². The molecule has 0 radical (unpaired) electrons. The van der Waals surface area contributed by atoms with E-state index in [2.05, 4.69) is 17.1 Å². The van der Waals surface area contributed by atoms with Crippen LogP contribution >= 0.6 is 0 Å². The number of nitrogens with one attached hydrogen (secondary N) is 1. The summed E-state index contributed by atoms with van der Waals surface area (Å²) < 4.78 is 20.1. The number of ether oxygens (including phenoxy) is 1. The number of amides is 3. The number of carbonyl (C=O) groups excluding carboxylic acids is 3. The molecule has 1 aromatic rings. The Morgan fingerprint density at radius 1 is 1.05 bits per heavy atom. The fourth-order valence-electron chi connectivity index (χ4n) is 6.14. The van der Waals surface area contributed by atoms with E-state index in [4.69, 9.17) is 4.74 Å². The quantitative estimate of drug-likeness (QED) is 0.549. The van der Waals surface area contributed by atoms with Crippen LogP contribution in [0.5, 0.6) is 0 Å². The molecule has 3 fully saturated rings. The topological polar surface area (TPSA) is 82.2 Å². The third-order valence-electron chi connectivity index (χ3n) is 8.26. The second kappa shape index (κ2) is 12.2. The summed E-state index contributed by atoms with van der Waals surface area (Å²) in [6.07, 6.45) is 4.94. The van der Waals surface area contributed by atoms with Crippen molar-refractivity contribution in [1.82, 2.24) is 14.7 Å². The van der Waals surface area contributed by atoms with Gasteiger partial charge >= 0.3 is 6.09 Å². The minimum Gasteiger partial charge on any atom is -0.444 e. The number of benzene rings is 1. The van der Waals surface area contributed by atoms with Crippen LogP contribution in [0.15, 0.2) is 12.1 Å². The van der Waals surface area contributed by atoms with Gasteiger partial charge in [-0.1, -0.05) is 12.8 Å². The molecule has 1 saturated carbocycles. The number of likely N-dealkylation sites (tertiary alicyclic amines) is 1. The summed E-state index contributed by atoms with van der Waals surface area (Å²) in [5, 5.41) is 2.91. The monoisotopic (exact) mass is 544 g/mol. The molecule has 9 heteroatoms. The molecule has 1 aliphatic carbocycles. The normalized spacial score (nSPS) is 22.8. The Morgan fingerprint density at radius 2 is 1.77 bits per heavy atom. The van der Waals surface area contributed by atoms with Gasteiger partial charge in [0, 0.05) is 63.3 Å². The zero-order valence-corrected chi connectivity index (χ0v) is 24.2. The molecular weight excluding hydrogens is 499 g/mol. The molecule has 0 bridgehead atoms. The van der Waals surface area contributed by atoms with Crippen LogP contribution in [-0.2, 0) is 20.9 Å². The Balaban J connectivity index is 1.31. The Labute approximate surface area is 232 Å². The highest BCUT2D eigenvalue weighted by Crippen LogP contribution is 2.29. The number of rotatable bonds is 6. The smallest absolute Gasteiger partial charge is 0.410 e. The van der Waals surface area contributed by atoms with Gasteiger partial charge in [-0.3, -0.25) is 14.5 Å². The number of carbonyl (C=O) groups is 3. The lowest BCUT2D eigenvalue weighted by molar-refractivity contribution is -0.140. The number of halogens is 1. The van der Waals surface area contributed by atoms with Crippen LogP contribution < -0.4 is 5.32 Å². The molecule has 8 nitrogen and oxygen atoms in total. The number of nitrogens with zero attached hydrogens (tertiary/aromatic N) is 3. The van der Waals surface area contributed by atoms with Gasteiger partial charge in [-0.15, -0.1) is 0 Å². The van der Waals surface area contributed by atoms with Gasteiger partial charge in [-0.25, -0.2) is 9.18 Å². The lowest BCUT2D eigenvalue weighted by Gasteiger charge is -2.41. The first-order valence-corrected chi connectivity index (χ1v) is 14.5. The molecule has 2 heterocycles. The van der Waals surface area contributed by atoms with Crippen LogP contribution in [0, 0.1) is 24.6 Å². The van der Waals surface area contributed by atoms with Crippen molar-refractivity contribution in [2.24, 2.45) is 11.8 Å². The summed E-state index contributed by atoms with van der Waals surface area (Å²) in [5.74, 6) is -0.0526. The third-order valence-corrected chi connectivity index (χ3v) is 8.26. The summed E-state index contributed by atoms with van der Waals surface area (Å²) >= 11 is 0. The summed E-state index contributed by atoms with van der Waals surface area (Å²) in [7, 11) is 0. The highest BCUT2D eigenvalue weighted by molar-refractivity contribution is 5.92. The second-order valence-corrected chi connectivity index (χ2v) is 12.7. The number of piperazine rings is 1. The molecular formula is C30H45FN4O4. The number of anilines is 1. The minimum atomic E-state index is -0.558. The van der Waals surface area contributed by atoms with Gasteiger partial charge in [-0.2, -0.15) is 0 Å². The zero-order valence-electron chi connectivity index (χ0n) is 24.2. The third kappa shape index (κ3) is 7.71. The molecule has 2 unspecified atom stereocenters.